The molecular formula is C75H146O17P2. The van der Waals surface area contributed by atoms with Crippen LogP contribution in [0.25, 0.3) is 0 Å². The van der Waals surface area contributed by atoms with E-state index in [1.54, 1.807) is 0 Å². The Labute approximate surface area is 575 Å². The molecule has 0 bridgehead atoms. The van der Waals surface area contributed by atoms with Crippen molar-refractivity contribution >= 4 is 39.5 Å². The second kappa shape index (κ2) is 68.2. The minimum absolute atomic E-state index is 0.108. The second-order valence-corrected chi connectivity index (χ2v) is 30.4. The Morgan fingerprint density at radius 3 is 0.723 bits per heavy atom. The third-order valence-corrected chi connectivity index (χ3v) is 19.4. The van der Waals surface area contributed by atoms with Crippen LogP contribution in [0.1, 0.15) is 394 Å². The summed E-state index contributed by atoms with van der Waals surface area (Å²) in [5.74, 6) is -1.34. The number of carbonyl (C=O) groups excluding carboxylic acids is 4. The highest BCUT2D eigenvalue weighted by Crippen LogP contribution is 2.45. The van der Waals surface area contributed by atoms with Crippen molar-refractivity contribution in [1.29, 1.82) is 0 Å². The largest absolute Gasteiger partial charge is 0.472 e. The van der Waals surface area contributed by atoms with Gasteiger partial charge >= 0.3 is 39.5 Å². The van der Waals surface area contributed by atoms with Crippen LogP contribution in [-0.2, 0) is 65.4 Å². The smallest absolute Gasteiger partial charge is 0.462 e. The number of aliphatic hydroxyl groups is 1. The topological polar surface area (TPSA) is 237 Å². The van der Waals surface area contributed by atoms with Gasteiger partial charge in [0.15, 0.2) is 12.2 Å². The lowest BCUT2D eigenvalue weighted by atomic mass is 10.0. The molecule has 0 spiro atoms. The van der Waals surface area contributed by atoms with Gasteiger partial charge in [0.1, 0.15) is 19.3 Å². The Kier molecular flexibility index (Phi) is 66.8. The molecular weight excluding hydrogens is 1230 g/mol. The third kappa shape index (κ3) is 68.6. The van der Waals surface area contributed by atoms with E-state index in [0.29, 0.717) is 25.7 Å². The standard InChI is InChI=1S/C75H146O17P2/c1-6-9-12-15-18-21-24-26-27-28-30-35-41-46-51-56-61-75(80)92-71(65-86-73(78)59-54-49-44-39-36-31-33-37-42-47-52-57-68(4)5)67-90-94(83,84)88-63-69(76)62-87-93(81,82)89-66-70(64-85-72(77)58-53-48-43-38-32-23-20-17-14-11-8-3)91-74(79)60-55-50-45-40-34-29-25-22-19-16-13-10-7-2/h68-71,76H,6-67H2,1-5H3,(H,81,82)(H,83,84)/t69-,70+,71+/m0/s1. The molecule has 0 aromatic carbocycles. The third-order valence-electron chi connectivity index (χ3n) is 17.5. The molecule has 0 aliphatic rings. The molecule has 0 radical (unpaired) electrons. The molecule has 558 valence electrons. The summed E-state index contributed by atoms with van der Waals surface area (Å²) >= 11 is 0. The van der Waals surface area contributed by atoms with Crippen molar-refractivity contribution < 1.29 is 80.2 Å². The highest BCUT2D eigenvalue weighted by molar-refractivity contribution is 7.47. The van der Waals surface area contributed by atoms with Crippen LogP contribution in [0.15, 0.2) is 0 Å². The molecule has 0 saturated heterocycles. The number of hydrogen-bond acceptors (Lipinski definition) is 15. The average Bonchev–Trinajstić information content (AvgIpc) is 1.19. The Morgan fingerprint density at radius 1 is 0.287 bits per heavy atom. The summed E-state index contributed by atoms with van der Waals surface area (Å²) in [5, 5.41) is 10.6. The van der Waals surface area contributed by atoms with E-state index in [2.05, 4.69) is 34.6 Å². The number of rotatable bonds is 75. The monoisotopic (exact) mass is 1380 g/mol. The molecule has 17 nitrogen and oxygen atoms in total. The molecule has 94 heavy (non-hydrogen) atoms. The zero-order chi connectivity index (χ0) is 69.1. The summed E-state index contributed by atoms with van der Waals surface area (Å²) in [4.78, 5) is 72.8. The van der Waals surface area contributed by atoms with Gasteiger partial charge in [0, 0.05) is 25.7 Å². The molecule has 0 aromatic heterocycles. The van der Waals surface area contributed by atoms with E-state index < -0.39 is 97.5 Å². The lowest BCUT2D eigenvalue weighted by Crippen LogP contribution is -2.30. The van der Waals surface area contributed by atoms with Crippen molar-refractivity contribution in [2.75, 3.05) is 39.6 Å². The normalized spacial score (nSPS) is 14.0. The van der Waals surface area contributed by atoms with Crippen LogP contribution in [0.3, 0.4) is 0 Å². The first-order chi connectivity index (χ1) is 45.5. The average molecular weight is 1380 g/mol. The van der Waals surface area contributed by atoms with E-state index in [9.17, 15) is 43.2 Å². The number of phosphoric acid groups is 2. The van der Waals surface area contributed by atoms with Gasteiger partial charge < -0.3 is 33.8 Å². The molecule has 2 unspecified atom stereocenters. The maximum absolute atomic E-state index is 13.1. The number of unbranched alkanes of at least 4 members (excludes halogenated alkanes) is 47. The number of esters is 4. The van der Waals surface area contributed by atoms with Gasteiger partial charge in [0.2, 0.25) is 0 Å². The Morgan fingerprint density at radius 2 is 0.489 bits per heavy atom. The van der Waals surface area contributed by atoms with Crippen LogP contribution in [0.4, 0.5) is 0 Å². The minimum Gasteiger partial charge on any atom is -0.462 e. The lowest BCUT2D eigenvalue weighted by molar-refractivity contribution is -0.161. The Hall–Kier alpha value is -1.94. The number of carbonyl (C=O) groups is 4. The zero-order valence-electron chi connectivity index (χ0n) is 61.1. The molecule has 0 fully saturated rings. The van der Waals surface area contributed by atoms with Gasteiger partial charge in [-0.1, -0.05) is 343 Å². The number of aliphatic hydroxyl groups excluding tert-OH is 1. The van der Waals surface area contributed by atoms with Gasteiger partial charge in [-0.05, 0) is 31.6 Å². The first-order valence-electron chi connectivity index (χ1n) is 39.1. The summed E-state index contributed by atoms with van der Waals surface area (Å²) in [7, 11) is -9.91. The van der Waals surface area contributed by atoms with E-state index >= 15 is 0 Å². The van der Waals surface area contributed by atoms with Crippen LogP contribution >= 0.6 is 15.6 Å². The highest BCUT2D eigenvalue weighted by atomic mass is 31.2. The summed E-state index contributed by atoms with van der Waals surface area (Å²) in [5.41, 5.74) is 0. The SMILES string of the molecule is CCCCCCCCCCCCCCCCCCC(=O)O[C@H](COC(=O)CCCCCCCCCCCCCC(C)C)COP(=O)(O)OC[C@@H](O)COP(=O)(O)OC[C@@H](COC(=O)CCCCCCCCCCCCC)OC(=O)CCCCCCCCCCCCCCC. The summed E-state index contributed by atoms with van der Waals surface area (Å²) in [6.07, 6.45) is 56.6. The Balaban J connectivity index is 5.25. The Bertz CT molecular complexity index is 1810. The molecule has 0 aromatic rings. The molecule has 0 amide bonds. The minimum atomic E-state index is -4.96. The van der Waals surface area contributed by atoms with Crippen LogP contribution in [-0.4, -0.2) is 96.7 Å². The molecule has 0 saturated carbocycles. The molecule has 19 heteroatoms. The summed E-state index contributed by atoms with van der Waals surface area (Å²) < 4.78 is 68.5. The predicted molar refractivity (Wildman–Crippen MR) is 382 cm³/mol. The van der Waals surface area contributed by atoms with Crippen molar-refractivity contribution in [3.63, 3.8) is 0 Å². The fourth-order valence-corrected chi connectivity index (χ4v) is 13.1. The van der Waals surface area contributed by atoms with Crippen LogP contribution in [0.2, 0.25) is 0 Å². The number of ether oxygens (including phenoxy) is 4. The van der Waals surface area contributed by atoms with Crippen molar-refractivity contribution in [3.8, 4) is 0 Å². The van der Waals surface area contributed by atoms with Crippen molar-refractivity contribution in [3.05, 3.63) is 0 Å². The van der Waals surface area contributed by atoms with Gasteiger partial charge in [-0.3, -0.25) is 37.3 Å². The zero-order valence-corrected chi connectivity index (χ0v) is 62.9. The van der Waals surface area contributed by atoms with E-state index in [4.69, 9.17) is 37.0 Å². The first-order valence-corrected chi connectivity index (χ1v) is 42.1. The molecule has 0 aliphatic heterocycles. The van der Waals surface area contributed by atoms with Crippen LogP contribution < -0.4 is 0 Å². The van der Waals surface area contributed by atoms with Gasteiger partial charge in [0.25, 0.3) is 0 Å². The lowest BCUT2D eigenvalue weighted by Gasteiger charge is -2.21. The van der Waals surface area contributed by atoms with Gasteiger partial charge in [-0.2, -0.15) is 0 Å². The van der Waals surface area contributed by atoms with Crippen molar-refractivity contribution in [1.82, 2.24) is 0 Å². The number of hydrogen-bond donors (Lipinski definition) is 3. The maximum Gasteiger partial charge on any atom is 0.472 e. The molecule has 0 heterocycles. The van der Waals surface area contributed by atoms with E-state index in [-0.39, 0.29) is 25.7 Å². The predicted octanol–water partition coefficient (Wildman–Crippen LogP) is 22.1. The second-order valence-electron chi connectivity index (χ2n) is 27.5. The molecule has 5 atom stereocenters. The molecule has 3 N–H and O–H groups in total. The fraction of sp³-hybridized carbons (Fsp3) is 0.947. The summed E-state index contributed by atoms with van der Waals surface area (Å²) in [6.45, 7) is 7.30. The quantitative estimate of drug-likeness (QED) is 0.0222. The van der Waals surface area contributed by atoms with Gasteiger partial charge in [0.05, 0.1) is 26.4 Å². The molecule has 0 aliphatic carbocycles. The summed E-state index contributed by atoms with van der Waals surface area (Å²) in [6, 6.07) is 0. The number of phosphoric ester groups is 2. The molecule has 0 rings (SSSR count). The van der Waals surface area contributed by atoms with E-state index in [1.165, 1.54) is 218 Å². The van der Waals surface area contributed by atoms with Crippen LogP contribution in [0.5, 0.6) is 0 Å². The van der Waals surface area contributed by atoms with Crippen LogP contribution in [0, 0.1) is 5.92 Å². The van der Waals surface area contributed by atoms with Gasteiger partial charge in [-0.25, -0.2) is 9.13 Å². The van der Waals surface area contributed by atoms with E-state index in [1.807, 2.05) is 0 Å². The van der Waals surface area contributed by atoms with Crippen molar-refractivity contribution in [2.24, 2.45) is 5.92 Å². The van der Waals surface area contributed by atoms with Crippen molar-refractivity contribution in [2.45, 2.75) is 412 Å². The maximum atomic E-state index is 13.1. The highest BCUT2D eigenvalue weighted by Gasteiger charge is 2.30. The first kappa shape index (κ1) is 92.1. The van der Waals surface area contributed by atoms with Gasteiger partial charge in [-0.15, -0.1) is 0 Å². The van der Waals surface area contributed by atoms with E-state index in [0.717, 1.165) is 95.8 Å². The fourth-order valence-electron chi connectivity index (χ4n) is 11.5.